The van der Waals surface area contributed by atoms with Crippen molar-refractivity contribution in [2.45, 2.75) is 31.7 Å². The molecular weight excluding hydrogens is 230 g/mol. The summed E-state index contributed by atoms with van der Waals surface area (Å²) in [6.07, 6.45) is 0. The Morgan fingerprint density at radius 3 is 2.67 bits per heavy atom. The highest BCUT2D eigenvalue weighted by Gasteiger charge is 2.06. The standard InChI is InChI=1S/C11H14ClNOS/c1-7(2)13-11(14)15-9-5-4-8(3)10(12)6-9/h4-7H,1-3H3,(H,13,14). The molecule has 0 aromatic heterocycles. The molecule has 1 amide bonds. The van der Waals surface area contributed by atoms with Crippen LogP contribution in [0.3, 0.4) is 0 Å². The van der Waals surface area contributed by atoms with E-state index in [1.165, 1.54) is 0 Å². The van der Waals surface area contributed by atoms with E-state index in [0.29, 0.717) is 5.02 Å². The molecule has 1 N–H and O–H groups in total. The zero-order valence-corrected chi connectivity index (χ0v) is 10.6. The summed E-state index contributed by atoms with van der Waals surface area (Å²) in [5.74, 6) is 0. The highest BCUT2D eigenvalue weighted by Crippen LogP contribution is 2.24. The van der Waals surface area contributed by atoms with Crippen molar-refractivity contribution in [1.29, 1.82) is 0 Å². The fourth-order valence-corrected chi connectivity index (χ4v) is 2.08. The monoisotopic (exact) mass is 243 g/mol. The van der Waals surface area contributed by atoms with E-state index in [4.69, 9.17) is 11.6 Å². The molecule has 0 aliphatic rings. The van der Waals surface area contributed by atoms with Crippen LogP contribution in [0, 0.1) is 6.92 Å². The summed E-state index contributed by atoms with van der Waals surface area (Å²) >= 11 is 7.12. The normalized spacial score (nSPS) is 10.5. The van der Waals surface area contributed by atoms with E-state index in [2.05, 4.69) is 5.32 Å². The summed E-state index contributed by atoms with van der Waals surface area (Å²) in [5, 5.41) is 3.45. The van der Waals surface area contributed by atoms with Gasteiger partial charge in [0, 0.05) is 16.0 Å². The van der Waals surface area contributed by atoms with Gasteiger partial charge >= 0.3 is 0 Å². The van der Waals surface area contributed by atoms with Crippen molar-refractivity contribution in [2.24, 2.45) is 0 Å². The minimum atomic E-state index is -0.0510. The maximum absolute atomic E-state index is 11.4. The molecule has 0 fully saturated rings. The lowest BCUT2D eigenvalue weighted by Gasteiger charge is -2.07. The molecule has 0 bridgehead atoms. The molecule has 0 aliphatic heterocycles. The molecule has 0 saturated heterocycles. The Hall–Kier alpha value is -0.670. The summed E-state index contributed by atoms with van der Waals surface area (Å²) < 4.78 is 0. The van der Waals surface area contributed by atoms with Gasteiger partial charge < -0.3 is 5.32 Å². The van der Waals surface area contributed by atoms with Crippen LogP contribution in [0.5, 0.6) is 0 Å². The number of halogens is 1. The van der Waals surface area contributed by atoms with Crippen molar-refractivity contribution in [1.82, 2.24) is 5.32 Å². The average Bonchev–Trinajstić information content (AvgIpc) is 2.10. The van der Waals surface area contributed by atoms with Gasteiger partial charge in [-0.05, 0) is 50.2 Å². The van der Waals surface area contributed by atoms with Gasteiger partial charge in [-0.3, -0.25) is 4.79 Å². The number of amides is 1. The van der Waals surface area contributed by atoms with E-state index in [1.807, 2.05) is 39.0 Å². The van der Waals surface area contributed by atoms with Gasteiger partial charge in [0.2, 0.25) is 0 Å². The summed E-state index contributed by atoms with van der Waals surface area (Å²) in [7, 11) is 0. The number of carbonyl (C=O) groups excluding carboxylic acids is 1. The fourth-order valence-electron chi connectivity index (χ4n) is 1.01. The van der Waals surface area contributed by atoms with Crippen molar-refractivity contribution in [3.05, 3.63) is 28.8 Å². The zero-order chi connectivity index (χ0) is 11.4. The molecule has 82 valence electrons. The Bertz CT molecular complexity index is 366. The number of rotatable bonds is 2. The first-order valence-electron chi connectivity index (χ1n) is 4.73. The Balaban J connectivity index is 2.65. The van der Waals surface area contributed by atoms with Gasteiger partial charge in [0.15, 0.2) is 0 Å². The zero-order valence-electron chi connectivity index (χ0n) is 9.00. The predicted molar refractivity (Wildman–Crippen MR) is 65.7 cm³/mol. The Morgan fingerprint density at radius 2 is 2.13 bits per heavy atom. The highest BCUT2D eigenvalue weighted by molar-refractivity contribution is 8.13. The molecular formula is C11H14ClNOS. The van der Waals surface area contributed by atoms with Crippen molar-refractivity contribution in [3.8, 4) is 0 Å². The van der Waals surface area contributed by atoms with E-state index < -0.39 is 0 Å². The van der Waals surface area contributed by atoms with Crippen LogP contribution in [0.25, 0.3) is 0 Å². The average molecular weight is 244 g/mol. The van der Waals surface area contributed by atoms with Crippen LogP contribution in [0.1, 0.15) is 19.4 Å². The second-order valence-electron chi connectivity index (χ2n) is 3.60. The second kappa shape index (κ2) is 5.42. The molecule has 0 radical (unpaired) electrons. The third kappa shape index (κ3) is 4.14. The number of hydrogen-bond donors (Lipinski definition) is 1. The number of thioether (sulfide) groups is 1. The van der Waals surface area contributed by atoms with Crippen LogP contribution in [-0.4, -0.2) is 11.3 Å². The molecule has 0 heterocycles. The molecule has 0 saturated carbocycles. The molecule has 1 rings (SSSR count). The minimum absolute atomic E-state index is 0.0510. The molecule has 2 nitrogen and oxygen atoms in total. The van der Waals surface area contributed by atoms with Gasteiger partial charge in [-0.1, -0.05) is 17.7 Å². The molecule has 1 aromatic carbocycles. The number of aryl methyl sites for hydroxylation is 1. The van der Waals surface area contributed by atoms with Crippen molar-refractivity contribution in [2.75, 3.05) is 0 Å². The van der Waals surface area contributed by atoms with E-state index >= 15 is 0 Å². The van der Waals surface area contributed by atoms with Crippen LogP contribution in [-0.2, 0) is 0 Å². The summed E-state index contributed by atoms with van der Waals surface area (Å²) in [6, 6.07) is 5.77. The van der Waals surface area contributed by atoms with Gasteiger partial charge in [0.25, 0.3) is 5.24 Å². The lowest BCUT2D eigenvalue weighted by atomic mass is 10.2. The topological polar surface area (TPSA) is 29.1 Å². The van der Waals surface area contributed by atoms with Gasteiger partial charge in [-0.2, -0.15) is 0 Å². The minimum Gasteiger partial charge on any atom is -0.345 e. The first kappa shape index (κ1) is 12.4. The number of hydrogen-bond acceptors (Lipinski definition) is 2. The SMILES string of the molecule is Cc1ccc(SC(=O)NC(C)C)cc1Cl. The quantitative estimate of drug-likeness (QED) is 0.800. The second-order valence-corrected chi connectivity index (χ2v) is 5.05. The molecule has 0 atom stereocenters. The third-order valence-electron chi connectivity index (χ3n) is 1.76. The lowest BCUT2D eigenvalue weighted by molar-refractivity contribution is 0.259. The Kier molecular flexibility index (Phi) is 4.48. The third-order valence-corrected chi connectivity index (χ3v) is 2.96. The van der Waals surface area contributed by atoms with Crippen LogP contribution in [0.2, 0.25) is 5.02 Å². The van der Waals surface area contributed by atoms with Crippen LogP contribution in [0.4, 0.5) is 4.79 Å². The molecule has 0 aliphatic carbocycles. The number of nitrogens with one attached hydrogen (secondary N) is 1. The van der Waals surface area contributed by atoms with Crippen molar-refractivity contribution >= 4 is 28.6 Å². The molecule has 0 spiro atoms. The van der Waals surface area contributed by atoms with Gasteiger partial charge in [-0.25, -0.2) is 0 Å². The van der Waals surface area contributed by atoms with Crippen LogP contribution < -0.4 is 5.32 Å². The maximum atomic E-state index is 11.4. The smallest absolute Gasteiger partial charge is 0.284 e. The predicted octanol–water partition coefficient (Wildman–Crippen LogP) is 3.86. The first-order chi connectivity index (χ1) is 6.99. The first-order valence-corrected chi connectivity index (χ1v) is 5.93. The molecule has 0 unspecified atom stereocenters. The van der Waals surface area contributed by atoms with E-state index in [-0.39, 0.29) is 11.3 Å². The Morgan fingerprint density at radius 1 is 1.47 bits per heavy atom. The Labute approximate surface area is 99.4 Å². The highest BCUT2D eigenvalue weighted by atomic mass is 35.5. The van der Waals surface area contributed by atoms with Crippen LogP contribution >= 0.6 is 23.4 Å². The lowest BCUT2D eigenvalue weighted by Crippen LogP contribution is -2.26. The summed E-state index contributed by atoms with van der Waals surface area (Å²) in [5.41, 5.74) is 1.02. The summed E-state index contributed by atoms with van der Waals surface area (Å²) in [4.78, 5) is 12.3. The summed E-state index contributed by atoms with van der Waals surface area (Å²) in [6.45, 7) is 5.80. The maximum Gasteiger partial charge on any atom is 0.284 e. The van der Waals surface area contributed by atoms with E-state index in [9.17, 15) is 4.79 Å². The van der Waals surface area contributed by atoms with Crippen molar-refractivity contribution in [3.63, 3.8) is 0 Å². The molecule has 4 heteroatoms. The van der Waals surface area contributed by atoms with E-state index in [0.717, 1.165) is 22.2 Å². The largest absolute Gasteiger partial charge is 0.345 e. The van der Waals surface area contributed by atoms with Crippen molar-refractivity contribution < 1.29 is 4.79 Å². The van der Waals surface area contributed by atoms with Crippen LogP contribution in [0.15, 0.2) is 23.1 Å². The number of carbonyl (C=O) groups is 1. The molecule has 1 aromatic rings. The van der Waals surface area contributed by atoms with Gasteiger partial charge in [-0.15, -0.1) is 0 Å². The van der Waals surface area contributed by atoms with E-state index in [1.54, 1.807) is 0 Å². The van der Waals surface area contributed by atoms with Gasteiger partial charge in [0.05, 0.1) is 0 Å². The van der Waals surface area contributed by atoms with Gasteiger partial charge in [0.1, 0.15) is 0 Å². The number of benzene rings is 1. The fraction of sp³-hybridized carbons (Fsp3) is 0.364. The molecule has 15 heavy (non-hydrogen) atoms.